The molecule has 0 spiro atoms. The minimum absolute atomic E-state index is 0.315. The van der Waals surface area contributed by atoms with Gasteiger partial charge in [0.2, 0.25) is 5.91 Å². The molecule has 0 bridgehead atoms. The number of hydrogen-bond acceptors (Lipinski definition) is 1. The van der Waals surface area contributed by atoms with Crippen LogP contribution in [0.2, 0.25) is 0 Å². The Bertz CT molecular complexity index is 425. The standard InChI is InChI=1S/C13H15NO/c1-9-4-2-5-10-8-12(15)14-7-3-6-11(14)13(9)10/h2,4-5,11H,3,6-8H2,1H3. The maximum Gasteiger partial charge on any atom is 0.227 e. The van der Waals surface area contributed by atoms with Crippen LogP contribution in [0.5, 0.6) is 0 Å². The number of aryl methyl sites for hydroxylation is 1. The SMILES string of the molecule is Cc1cccc2c1C1CCCN1C(=O)C2. The first-order chi connectivity index (χ1) is 7.27. The van der Waals surface area contributed by atoms with Crippen molar-refractivity contribution < 1.29 is 4.79 Å². The topological polar surface area (TPSA) is 20.3 Å². The van der Waals surface area contributed by atoms with Crippen LogP contribution in [-0.4, -0.2) is 17.4 Å². The van der Waals surface area contributed by atoms with Crippen molar-refractivity contribution in [1.29, 1.82) is 0 Å². The summed E-state index contributed by atoms with van der Waals surface area (Å²) in [7, 11) is 0. The predicted octanol–water partition coefficient (Wildman–Crippen LogP) is 2.21. The average molecular weight is 201 g/mol. The predicted molar refractivity (Wildman–Crippen MR) is 58.6 cm³/mol. The van der Waals surface area contributed by atoms with Crippen molar-refractivity contribution in [3.8, 4) is 0 Å². The molecule has 2 nitrogen and oxygen atoms in total. The van der Waals surface area contributed by atoms with Crippen molar-refractivity contribution in [1.82, 2.24) is 4.90 Å². The van der Waals surface area contributed by atoms with Gasteiger partial charge in [0.25, 0.3) is 0 Å². The summed E-state index contributed by atoms with van der Waals surface area (Å²) in [6.45, 7) is 3.11. The zero-order chi connectivity index (χ0) is 10.4. The monoisotopic (exact) mass is 201 g/mol. The van der Waals surface area contributed by atoms with Crippen LogP contribution < -0.4 is 0 Å². The molecule has 1 saturated heterocycles. The van der Waals surface area contributed by atoms with Crippen LogP contribution in [0.4, 0.5) is 0 Å². The van der Waals surface area contributed by atoms with Gasteiger partial charge in [-0.2, -0.15) is 0 Å². The van der Waals surface area contributed by atoms with Gasteiger partial charge in [0.1, 0.15) is 0 Å². The average Bonchev–Trinajstić information content (AvgIpc) is 2.66. The normalized spacial score (nSPS) is 23.9. The molecule has 3 rings (SSSR count). The van der Waals surface area contributed by atoms with E-state index in [4.69, 9.17) is 0 Å². The van der Waals surface area contributed by atoms with Gasteiger partial charge in [-0.3, -0.25) is 4.79 Å². The molecule has 78 valence electrons. The molecular weight excluding hydrogens is 186 g/mol. The Balaban J connectivity index is 2.16. The Kier molecular flexibility index (Phi) is 1.84. The first kappa shape index (κ1) is 8.96. The smallest absolute Gasteiger partial charge is 0.227 e. The van der Waals surface area contributed by atoms with E-state index in [1.165, 1.54) is 16.7 Å². The van der Waals surface area contributed by atoms with Crippen molar-refractivity contribution in [3.05, 3.63) is 34.9 Å². The Morgan fingerprint density at radius 2 is 2.27 bits per heavy atom. The lowest BCUT2D eigenvalue weighted by molar-refractivity contribution is -0.132. The Morgan fingerprint density at radius 3 is 3.13 bits per heavy atom. The van der Waals surface area contributed by atoms with Crippen LogP contribution in [0, 0.1) is 6.92 Å². The highest BCUT2D eigenvalue weighted by atomic mass is 16.2. The van der Waals surface area contributed by atoms with Crippen molar-refractivity contribution in [2.75, 3.05) is 6.54 Å². The number of hydrogen-bond donors (Lipinski definition) is 0. The molecule has 1 aromatic carbocycles. The van der Waals surface area contributed by atoms with Gasteiger partial charge in [0.05, 0.1) is 12.5 Å². The maximum atomic E-state index is 11.9. The summed E-state index contributed by atoms with van der Waals surface area (Å²) in [6.07, 6.45) is 2.90. The maximum absolute atomic E-state index is 11.9. The Hall–Kier alpha value is -1.31. The van der Waals surface area contributed by atoms with E-state index in [9.17, 15) is 4.79 Å². The second kappa shape index (κ2) is 3.09. The summed E-state index contributed by atoms with van der Waals surface area (Å²) in [5.41, 5.74) is 4.02. The van der Waals surface area contributed by atoms with Gasteiger partial charge in [0, 0.05) is 6.54 Å². The summed E-state index contributed by atoms with van der Waals surface area (Å²) < 4.78 is 0. The van der Waals surface area contributed by atoms with Gasteiger partial charge in [0.15, 0.2) is 0 Å². The zero-order valence-corrected chi connectivity index (χ0v) is 8.99. The second-order valence-electron chi connectivity index (χ2n) is 4.57. The number of amides is 1. The van der Waals surface area contributed by atoms with Crippen LogP contribution in [0.25, 0.3) is 0 Å². The molecule has 0 aromatic heterocycles. The fourth-order valence-corrected chi connectivity index (χ4v) is 3.00. The lowest BCUT2D eigenvalue weighted by Crippen LogP contribution is -2.36. The first-order valence-electron chi connectivity index (χ1n) is 5.65. The van der Waals surface area contributed by atoms with E-state index >= 15 is 0 Å². The van der Waals surface area contributed by atoms with Gasteiger partial charge < -0.3 is 4.90 Å². The molecule has 0 saturated carbocycles. The molecule has 1 unspecified atom stereocenters. The Labute approximate surface area is 89.9 Å². The molecule has 0 radical (unpaired) electrons. The number of benzene rings is 1. The van der Waals surface area contributed by atoms with Crippen molar-refractivity contribution in [2.45, 2.75) is 32.2 Å². The van der Waals surface area contributed by atoms with Crippen molar-refractivity contribution in [3.63, 3.8) is 0 Å². The minimum Gasteiger partial charge on any atom is -0.335 e. The number of rotatable bonds is 0. The van der Waals surface area contributed by atoms with E-state index < -0.39 is 0 Å². The van der Waals surface area contributed by atoms with Crippen LogP contribution >= 0.6 is 0 Å². The minimum atomic E-state index is 0.315. The summed E-state index contributed by atoms with van der Waals surface area (Å²) in [4.78, 5) is 13.9. The summed E-state index contributed by atoms with van der Waals surface area (Å²) in [5, 5.41) is 0. The summed E-state index contributed by atoms with van der Waals surface area (Å²) >= 11 is 0. The molecule has 0 N–H and O–H groups in total. The van der Waals surface area contributed by atoms with E-state index in [0.29, 0.717) is 18.4 Å². The fourth-order valence-electron chi connectivity index (χ4n) is 3.00. The third-order valence-electron chi connectivity index (χ3n) is 3.66. The molecule has 1 fully saturated rings. The number of carbonyl (C=O) groups is 1. The van der Waals surface area contributed by atoms with E-state index in [1.54, 1.807) is 0 Å². The molecule has 2 heteroatoms. The van der Waals surface area contributed by atoms with E-state index in [0.717, 1.165) is 19.4 Å². The first-order valence-corrected chi connectivity index (χ1v) is 5.65. The van der Waals surface area contributed by atoms with Crippen molar-refractivity contribution >= 4 is 5.91 Å². The highest BCUT2D eigenvalue weighted by Gasteiger charge is 2.36. The Morgan fingerprint density at radius 1 is 1.40 bits per heavy atom. The second-order valence-corrected chi connectivity index (χ2v) is 4.57. The van der Waals surface area contributed by atoms with Gasteiger partial charge in [-0.05, 0) is 36.5 Å². The largest absolute Gasteiger partial charge is 0.335 e. The molecule has 1 atom stereocenters. The lowest BCUT2D eigenvalue weighted by Gasteiger charge is -2.33. The molecule has 1 amide bonds. The molecule has 15 heavy (non-hydrogen) atoms. The van der Waals surface area contributed by atoms with E-state index in [-0.39, 0.29) is 0 Å². The third-order valence-corrected chi connectivity index (χ3v) is 3.66. The lowest BCUT2D eigenvalue weighted by atomic mass is 9.89. The van der Waals surface area contributed by atoms with Gasteiger partial charge in [-0.15, -0.1) is 0 Å². The number of nitrogens with zero attached hydrogens (tertiary/aromatic N) is 1. The zero-order valence-electron chi connectivity index (χ0n) is 8.99. The van der Waals surface area contributed by atoms with Crippen LogP contribution in [0.3, 0.4) is 0 Å². The van der Waals surface area contributed by atoms with E-state index in [1.807, 2.05) is 0 Å². The van der Waals surface area contributed by atoms with Crippen LogP contribution in [-0.2, 0) is 11.2 Å². The molecule has 1 aromatic rings. The molecule has 2 aliphatic heterocycles. The van der Waals surface area contributed by atoms with Gasteiger partial charge in [-0.25, -0.2) is 0 Å². The molecule has 2 aliphatic rings. The summed E-state index contributed by atoms with van der Waals surface area (Å²) in [6, 6.07) is 6.70. The van der Waals surface area contributed by atoms with Gasteiger partial charge in [-0.1, -0.05) is 18.2 Å². The summed E-state index contributed by atoms with van der Waals surface area (Å²) in [5.74, 6) is 0.315. The third kappa shape index (κ3) is 1.21. The van der Waals surface area contributed by atoms with E-state index in [2.05, 4.69) is 30.0 Å². The number of fused-ring (bicyclic) bond motifs is 3. The van der Waals surface area contributed by atoms with Crippen molar-refractivity contribution in [2.24, 2.45) is 0 Å². The molecule has 2 heterocycles. The highest BCUT2D eigenvalue weighted by molar-refractivity contribution is 5.82. The van der Waals surface area contributed by atoms with Crippen LogP contribution in [0.15, 0.2) is 18.2 Å². The number of carbonyl (C=O) groups excluding carboxylic acids is 1. The quantitative estimate of drug-likeness (QED) is 0.630. The van der Waals surface area contributed by atoms with Gasteiger partial charge >= 0.3 is 0 Å². The fraction of sp³-hybridized carbons (Fsp3) is 0.462. The van der Waals surface area contributed by atoms with Crippen LogP contribution in [0.1, 0.15) is 35.6 Å². The molecule has 0 aliphatic carbocycles. The molecular formula is C13H15NO. The highest BCUT2D eigenvalue weighted by Crippen LogP contribution is 2.39.